The second-order valence-corrected chi connectivity index (χ2v) is 6.54. The summed E-state index contributed by atoms with van der Waals surface area (Å²) < 4.78 is 5.34. The van der Waals surface area contributed by atoms with Crippen molar-refractivity contribution in [2.75, 3.05) is 0 Å². The number of benzene rings is 2. The predicted molar refractivity (Wildman–Crippen MR) is 110 cm³/mol. The quantitative estimate of drug-likeness (QED) is 0.676. The molecule has 0 unspecified atom stereocenters. The van der Waals surface area contributed by atoms with Crippen LogP contribution < -0.4 is 21.8 Å². The summed E-state index contributed by atoms with van der Waals surface area (Å²) in [6, 6.07) is 16.8. The molecule has 27 heavy (non-hydrogen) atoms. The Labute approximate surface area is 160 Å². The predicted octanol–water partition coefficient (Wildman–Crippen LogP) is 1.58. The van der Waals surface area contributed by atoms with E-state index in [9.17, 15) is 9.59 Å². The van der Waals surface area contributed by atoms with Crippen molar-refractivity contribution in [1.82, 2.24) is 9.97 Å². The van der Waals surface area contributed by atoms with E-state index in [1.54, 1.807) is 19.1 Å². The summed E-state index contributed by atoms with van der Waals surface area (Å²) >= 11 is 4.90. The van der Waals surface area contributed by atoms with E-state index in [4.69, 9.17) is 17.0 Å². The summed E-state index contributed by atoms with van der Waals surface area (Å²) in [5.74, 6) is 0. The molecule has 0 amide bonds. The fourth-order valence-electron chi connectivity index (χ4n) is 2.54. The van der Waals surface area contributed by atoms with Gasteiger partial charge in [0, 0.05) is 6.92 Å². The number of H-pyrrole nitrogens is 2. The Morgan fingerprint density at radius 2 is 1.52 bits per heavy atom. The molecule has 6 heteroatoms. The van der Waals surface area contributed by atoms with Crippen molar-refractivity contribution in [3.05, 3.63) is 103 Å². The molecule has 0 spiro atoms. The molecule has 2 N–H and O–H groups in total. The van der Waals surface area contributed by atoms with Gasteiger partial charge in [0.05, 0.1) is 0 Å². The van der Waals surface area contributed by atoms with Crippen molar-refractivity contribution in [2.24, 2.45) is 0 Å². The Hall–Kier alpha value is -3.25. The Morgan fingerprint density at radius 1 is 0.926 bits per heavy atom. The maximum atomic E-state index is 12.4. The van der Waals surface area contributed by atoms with E-state index in [1.165, 1.54) is 0 Å². The van der Waals surface area contributed by atoms with E-state index in [0.717, 1.165) is 16.7 Å². The molecule has 0 aliphatic rings. The van der Waals surface area contributed by atoms with Gasteiger partial charge in [-0.15, -0.1) is 0 Å². The summed E-state index contributed by atoms with van der Waals surface area (Å²) in [4.78, 5) is 30.0. The number of hydrogen-bond acceptors (Lipinski definition) is 4. The lowest BCUT2D eigenvalue weighted by Crippen LogP contribution is -2.46. The Bertz CT molecular complexity index is 1190. The van der Waals surface area contributed by atoms with Gasteiger partial charge in [-0.2, -0.15) is 0 Å². The van der Waals surface area contributed by atoms with Crippen LogP contribution in [-0.4, -0.2) is 15.0 Å². The van der Waals surface area contributed by atoms with Gasteiger partial charge in [-0.05, 0) is 47.1 Å². The highest BCUT2D eigenvalue weighted by Gasteiger charge is 1.99. The van der Waals surface area contributed by atoms with Gasteiger partial charge in [-0.3, -0.25) is 9.59 Å². The van der Waals surface area contributed by atoms with Crippen molar-refractivity contribution in [3.8, 4) is 0 Å². The third kappa shape index (κ3) is 5.12. The Kier molecular flexibility index (Phi) is 5.78. The molecular weight excluding hydrogens is 360 g/mol. The van der Waals surface area contributed by atoms with Crippen LogP contribution in [-0.2, 0) is 11.3 Å². The maximum absolute atomic E-state index is 12.4. The van der Waals surface area contributed by atoms with Gasteiger partial charge >= 0.3 is 0 Å². The molecule has 0 saturated carbocycles. The first-order valence-electron chi connectivity index (χ1n) is 8.35. The van der Waals surface area contributed by atoms with Gasteiger partial charge in [0.25, 0.3) is 11.1 Å². The minimum absolute atomic E-state index is 0.189. The molecule has 3 rings (SSSR count). The lowest BCUT2D eigenvalue weighted by molar-refractivity contribution is 0.298. The lowest BCUT2D eigenvalue weighted by atomic mass is 10.1. The first kappa shape index (κ1) is 18.5. The molecule has 3 aromatic rings. The number of hydrogen-bond donors (Lipinski definition) is 2. The van der Waals surface area contributed by atoms with Crippen LogP contribution in [0.5, 0.6) is 0 Å². The fourth-order valence-corrected chi connectivity index (χ4v) is 2.60. The minimum Gasteiger partial charge on any atom is -0.483 e. The third-order valence-corrected chi connectivity index (χ3v) is 3.92. The van der Waals surface area contributed by atoms with E-state index in [2.05, 4.69) is 9.97 Å². The molecule has 0 bridgehead atoms. The molecule has 0 saturated heterocycles. The van der Waals surface area contributed by atoms with Crippen molar-refractivity contribution in [2.45, 2.75) is 13.5 Å². The van der Waals surface area contributed by atoms with Gasteiger partial charge in [0.2, 0.25) is 0 Å². The van der Waals surface area contributed by atoms with Crippen LogP contribution in [0.3, 0.4) is 0 Å². The molecule has 1 aromatic heterocycles. The zero-order valence-corrected chi connectivity index (χ0v) is 15.5. The molecule has 5 nitrogen and oxygen atoms in total. The maximum Gasteiger partial charge on any atom is 0.272 e. The standard InChI is InChI=1S/C21H18N2O3S/c1-14(27)26-13-17-9-5-8-16(10-17)12-19-21(25)22-18(20(24)23-19)11-15-6-3-2-4-7-15/h2-12H,13H2,1H3,(H,22,25)(H,23,24). The summed E-state index contributed by atoms with van der Waals surface area (Å²) in [5.41, 5.74) is 1.80. The molecule has 0 fully saturated rings. The molecule has 136 valence electrons. The van der Waals surface area contributed by atoms with Crippen molar-refractivity contribution in [3.63, 3.8) is 0 Å². The number of ether oxygens (including phenoxy) is 1. The van der Waals surface area contributed by atoms with Crippen LogP contribution in [0.2, 0.25) is 0 Å². The highest BCUT2D eigenvalue weighted by atomic mass is 32.1. The van der Waals surface area contributed by atoms with Gasteiger partial charge < -0.3 is 14.7 Å². The molecule has 0 radical (unpaired) electrons. The first-order valence-corrected chi connectivity index (χ1v) is 8.75. The Morgan fingerprint density at radius 3 is 2.15 bits per heavy atom. The van der Waals surface area contributed by atoms with Crippen LogP contribution in [0.1, 0.15) is 23.6 Å². The monoisotopic (exact) mass is 378 g/mol. The van der Waals surface area contributed by atoms with E-state index in [0.29, 0.717) is 11.7 Å². The molecule has 0 aliphatic heterocycles. The largest absolute Gasteiger partial charge is 0.483 e. The minimum atomic E-state index is -0.367. The average Bonchev–Trinajstić information content (AvgIpc) is 2.65. The van der Waals surface area contributed by atoms with Gasteiger partial charge in [-0.25, -0.2) is 0 Å². The second kappa shape index (κ2) is 8.42. The number of aromatic nitrogens is 2. The summed E-state index contributed by atoms with van der Waals surface area (Å²) in [6.07, 6.45) is 3.26. The lowest BCUT2D eigenvalue weighted by Gasteiger charge is -2.04. The molecule has 1 heterocycles. The van der Waals surface area contributed by atoms with Crippen molar-refractivity contribution < 1.29 is 4.74 Å². The van der Waals surface area contributed by atoms with E-state index in [-0.39, 0.29) is 21.8 Å². The average molecular weight is 378 g/mol. The summed E-state index contributed by atoms with van der Waals surface area (Å²) in [6.45, 7) is 2.07. The van der Waals surface area contributed by atoms with Crippen molar-refractivity contribution in [1.29, 1.82) is 0 Å². The van der Waals surface area contributed by atoms with Gasteiger partial charge in [-0.1, -0.05) is 48.5 Å². The Balaban J connectivity index is 1.99. The van der Waals surface area contributed by atoms with E-state index >= 15 is 0 Å². The normalized spacial score (nSPS) is 12.2. The highest BCUT2D eigenvalue weighted by Crippen LogP contribution is 2.07. The van der Waals surface area contributed by atoms with E-state index < -0.39 is 0 Å². The van der Waals surface area contributed by atoms with Crippen LogP contribution in [0, 0.1) is 0 Å². The van der Waals surface area contributed by atoms with Crippen LogP contribution in [0.15, 0.2) is 64.2 Å². The van der Waals surface area contributed by atoms with Crippen LogP contribution >= 0.6 is 12.2 Å². The van der Waals surface area contributed by atoms with Crippen LogP contribution in [0.4, 0.5) is 0 Å². The van der Waals surface area contributed by atoms with Gasteiger partial charge in [0.1, 0.15) is 17.3 Å². The SMILES string of the molecule is CC(=S)OCc1cccc(C=c2[nH]c(=O)c(=Cc3ccccc3)[nH]c2=O)c1. The summed E-state index contributed by atoms with van der Waals surface area (Å²) in [7, 11) is 0. The molecular formula is C21H18N2O3S. The third-order valence-electron chi connectivity index (χ3n) is 3.80. The topological polar surface area (TPSA) is 75.0 Å². The fraction of sp³-hybridized carbons (Fsp3) is 0.0952. The number of aromatic amines is 2. The van der Waals surface area contributed by atoms with Crippen LogP contribution in [0.25, 0.3) is 12.2 Å². The number of rotatable bonds is 4. The number of nitrogens with one attached hydrogen (secondary N) is 2. The summed E-state index contributed by atoms with van der Waals surface area (Å²) in [5, 5.41) is 0.867. The molecule has 0 aliphatic carbocycles. The van der Waals surface area contributed by atoms with Gasteiger partial charge in [0.15, 0.2) is 5.05 Å². The molecule has 0 atom stereocenters. The van der Waals surface area contributed by atoms with Crippen molar-refractivity contribution >= 4 is 29.4 Å². The first-order chi connectivity index (χ1) is 13.0. The molecule has 2 aromatic carbocycles. The zero-order chi connectivity index (χ0) is 19.2. The highest BCUT2D eigenvalue weighted by molar-refractivity contribution is 7.80. The van der Waals surface area contributed by atoms with E-state index in [1.807, 2.05) is 54.6 Å². The smallest absolute Gasteiger partial charge is 0.272 e. The second-order valence-electron chi connectivity index (χ2n) is 5.96. The zero-order valence-electron chi connectivity index (χ0n) is 14.7. The number of thiocarbonyl (C=S) groups is 1.